The van der Waals surface area contributed by atoms with Crippen LogP contribution in [-0.4, -0.2) is 53.4 Å². The molecule has 1 rings (SSSR count). The molecule has 0 aromatic carbocycles. The second kappa shape index (κ2) is 5.07. The number of rotatable bonds is 5. The quantitative estimate of drug-likeness (QED) is 0.746. The van der Waals surface area contributed by atoms with Crippen LogP contribution in [0.15, 0.2) is 6.20 Å². The van der Waals surface area contributed by atoms with E-state index in [0.29, 0.717) is 12.2 Å². The van der Waals surface area contributed by atoms with E-state index in [-0.39, 0.29) is 11.3 Å². The maximum Gasteiger partial charge on any atom is 0.273 e. The summed E-state index contributed by atoms with van der Waals surface area (Å²) in [6, 6.07) is 0. The van der Waals surface area contributed by atoms with Crippen molar-refractivity contribution in [3.8, 4) is 0 Å². The van der Waals surface area contributed by atoms with Gasteiger partial charge in [-0.3, -0.25) is 4.79 Å². The maximum absolute atomic E-state index is 11.6. The van der Waals surface area contributed by atoms with Crippen molar-refractivity contribution >= 4 is 5.91 Å². The van der Waals surface area contributed by atoms with Crippen molar-refractivity contribution < 1.29 is 4.79 Å². The van der Waals surface area contributed by atoms with Crippen LogP contribution < -0.4 is 5.32 Å². The highest BCUT2D eigenvalue weighted by Gasteiger charge is 2.20. The maximum atomic E-state index is 11.6. The van der Waals surface area contributed by atoms with Gasteiger partial charge in [0.1, 0.15) is 0 Å². The zero-order valence-corrected chi connectivity index (χ0v) is 10.2. The lowest BCUT2D eigenvalue weighted by Crippen LogP contribution is -2.40. The van der Waals surface area contributed by atoms with Gasteiger partial charge in [0, 0.05) is 13.1 Å². The van der Waals surface area contributed by atoms with E-state index in [9.17, 15) is 4.79 Å². The van der Waals surface area contributed by atoms with Crippen molar-refractivity contribution in [3.63, 3.8) is 0 Å². The Labute approximate surface area is 95.4 Å². The Morgan fingerprint density at radius 1 is 1.56 bits per heavy atom. The highest BCUT2D eigenvalue weighted by Crippen LogP contribution is 2.14. The van der Waals surface area contributed by atoms with Gasteiger partial charge in [-0.2, -0.15) is 15.4 Å². The summed E-state index contributed by atoms with van der Waals surface area (Å²) in [6.45, 7) is 5.73. The number of H-pyrrole nitrogens is 1. The molecule has 0 saturated heterocycles. The van der Waals surface area contributed by atoms with E-state index in [1.54, 1.807) is 0 Å². The first-order valence-electron chi connectivity index (χ1n) is 5.19. The smallest absolute Gasteiger partial charge is 0.273 e. The van der Waals surface area contributed by atoms with Crippen LogP contribution in [0.5, 0.6) is 0 Å². The molecule has 0 atom stereocenters. The van der Waals surface area contributed by atoms with E-state index in [0.717, 1.165) is 6.54 Å². The number of aromatic nitrogens is 3. The lowest BCUT2D eigenvalue weighted by molar-refractivity contribution is 0.0924. The highest BCUT2D eigenvalue weighted by atomic mass is 16.1. The fourth-order valence-corrected chi connectivity index (χ4v) is 1.63. The Balaban J connectivity index is 2.42. The largest absolute Gasteiger partial charge is 0.350 e. The van der Waals surface area contributed by atoms with Crippen LogP contribution in [0.1, 0.15) is 24.3 Å². The molecule has 1 aromatic heterocycles. The topological polar surface area (TPSA) is 73.9 Å². The third-order valence-corrected chi connectivity index (χ3v) is 2.12. The molecular weight excluding hydrogens is 206 g/mol. The summed E-state index contributed by atoms with van der Waals surface area (Å²) in [7, 11) is 4.03. The minimum atomic E-state index is -0.194. The van der Waals surface area contributed by atoms with E-state index < -0.39 is 0 Å². The van der Waals surface area contributed by atoms with E-state index in [1.807, 2.05) is 14.1 Å². The minimum Gasteiger partial charge on any atom is -0.350 e. The van der Waals surface area contributed by atoms with Gasteiger partial charge in [-0.1, -0.05) is 13.8 Å². The van der Waals surface area contributed by atoms with Crippen LogP contribution in [0.25, 0.3) is 0 Å². The molecule has 2 N–H and O–H groups in total. The average Bonchev–Trinajstić information content (AvgIpc) is 2.64. The summed E-state index contributed by atoms with van der Waals surface area (Å²) >= 11 is 0. The molecule has 1 amide bonds. The van der Waals surface area contributed by atoms with Crippen molar-refractivity contribution in [3.05, 3.63) is 11.9 Å². The second-order valence-corrected chi connectivity index (χ2v) is 4.94. The van der Waals surface area contributed by atoms with Crippen molar-refractivity contribution in [1.29, 1.82) is 0 Å². The van der Waals surface area contributed by atoms with Gasteiger partial charge < -0.3 is 10.2 Å². The number of hydrogen-bond acceptors (Lipinski definition) is 4. The van der Waals surface area contributed by atoms with Gasteiger partial charge in [0.25, 0.3) is 5.91 Å². The monoisotopic (exact) mass is 225 g/mol. The molecule has 90 valence electrons. The Morgan fingerprint density at radius 3 is 2.75 bits per heavy atom. The first-order chi connectivity index (χ1) is 7.41. The van der Waals surface area contributed by atoms with Gasteiger partial charge >= 0.3 is 0 Å². The number of nitrogens with zero attached hydrogens (tertiary/aromatic N) is 3. The van der Waals surface area contributed by atoms with Crippen molar-refractivity contribution in [2.24, 2.45) is 5.41 Å². The Hall–Kier alpha value is -1.43. The van der Waals surface area contributed by atoms with Crippen LogP contribution in [0.4, 0.5) is 0 Å². The van der Waals surface area contributed by atoms with Gasteiger partial charge in [0.05, 0.1) is 6.20 Å². The van der Waals surface area contributed by atoms with Crippen molar-refractivity contribution in [1.82, 2.24) is 25.6 Å². The normalized spacial score (nSPS) is 11.8. The molecule has 16 heavy (non-hydrogen) atoms. The van der Waals surface area contributed by atoms with E-state index in [2.05, 4.69) is 39.5 Å². The molecule has 0 aliphatic carbocycles. The first-order valence-corrected chi connectivity index (χ1v) is 5.19. The standard InChI is InChI=1S/C10H19N5O/c1-10(2,7-15(3)4)6-11-9(16)8-5-12-14-13-8/h5H,6-7H2,1-4H3,(H,11,16)(H,12,13,14). The molecule has 1 heterocycles. The molecule has 1 aromatic rings. The zero-order chi connectivity index (χ0) is 12.2. The number of amides is 1. The fourth-order valence-electron chi connectivity index (χ4n) is 1.63. The third-order valence-electron chi connectivity index (χ3n) is 2.12. The fraction of sp³-hybridized carbons (Fsp3) is 0.700. The lowest BCUT2D eigenvalue weighted by Gasteiger charge is -2.28. The number of carbonyl (C=O) groups excluding carboxylic acids is 1. The minimum absolute atomic E-state index is 0.0307. The molecular formula is C10H19N5O. The number of hydrogen-bond donors (Lipinski definition) is 2. The number of nitrogens with one attached hydrogen (secondary N) is 2. The van der Waals surface area contributed by atoms with Gasteiger partial charge in [-0.15, -0.1) is 0 Å². The predicted octanol–water partition coefficient (Wildman–Crippen LogP) is 0.122. The third kappa shape index (κ3) is 3.98. The van der Waals surface area contributed by atoms with Crippen molar-refractivity contribution in [2.45, 2.75) is 13.8 Å². The number of aromatic amines is 1. The van der Waals surface area contributed by atoms with Crippen LogP contribution in [0.3, 0.4) is 0 Å². The molecule has 6 nitrogen and oxygen atoms in total. The van der Waals surface area contributed by atoms with Crippen LogP contribution in [0, 0.1) is 5.41 Å². The second-order valence-electron chi connectivity index (χ2n) is 4.94. The molecule has 0 bridgehead atoms. The van der Waals surface area contributed by atoms with Crippen molar-refractivity contribution in [2.75, 3.05) is 27.2 Å². The van der Waals surface area contributed by atoms with Gasteiger partial charge in [-0.25, -0.2) is 0 Å². The SMILES string of the molecule is CN(C)CC(C)(C)CNC(=O)c1cn[nH]n1. The summed E-state index contributed by atoms with van der Waals surface area (Å²) in [5, 5.41) is 12.6. The highest BCUT2D eigenvalue weighted by molar-refractivity contribution is 5.91. The van der Waals surface area contributed by atoms with E-state index in [1.165, 1.54) is 6.20 Å². The Morgan fingerprint density at radius 2 is 2.25 bits per heavy atom. The molecule has 0 fully saturated rings. The summed E-state index contributed by atoms with van der Waals surface area (Å²) in [4.78, 5) is 13.7. The molecule has 6 heteroatoms. The molecule has 0 unspecified atom stereocenters. The first kappa shape index (κ1) is 12.6. The predicted molar refractivity (Wildman–Crippen MR) is 61.1 cm³/mol. The van der Waals surface area contributed by atoms with Crippen LogP contribution >= 0.6 is 0 Å². The molecule has 0 aliphatic rings. The molecule has 0 radical (unpaired) electrons. The van der Waals surface area contributed by atoms with Crippen LogP contribution in [-0.2, 0) is 0 Å². The molecule has 0 spiro atoms. The average molecular weight is 225 g/mol. The van der Waals surface area contributed by atoms with Crippen LogP contribution in [0.2, 0.25) is 0 Å². The lowest BCUT2D eigenvalue weighted by atomic mass is 9.93. The Bertz CT molecular complexity index is 331. The van der Waals surface area contributed by atoms with Gasteiger partial charge in [0.15, 0.2) is 5.69 Å². The zero-order valence-electron chi connectivity index (χ0n) is 10.2. The summed E-state index contributed by atoms with van der Waals surface area (Å²) in [5.74, 6) is -0.194. The summed E-state index contributed by atoms with van der Waals surface area (Å²) < 4.78 is 0. The molecule has 0 saturated carbocycles. The van der Waals surface area contributed by atoms with E-state index >= 15 is 0 Å². The Kier molecular flexibility index (Phi) is 4.00. The van der Waals surface area contributed by atoms with Gasteiger partial charge in [-0.05, 0) is 19.5 Å². The summed E-state index contributed by atoms with van der Waals surface area (Å²) in [5.41, 5.74) is 0.351. The summed E-state index contributed by atoms with van der Waals surface area (Å²) in [6.07, 6.45) is 1.41. The van der Waals surface area contributed by atoms with Gasteiger partial charge in [0.2, 0.25) is 0 Å². The number of carbonyl (C=O) groups is 1. The van der Waals surface area contributed by atoms with E-state index in [4.69, 9.17) is 0 Å². The molecule has 0 aliphatic heterocycles.